The molecular weight excluding hydrogens is 473 g/mol. The van der Waals surface area contributed by atoms with Crippen molar-refractivity contribution < 1.29 is 19.1 Å². The van der Waals surface area contributed by atoms with E-state index in [1.807, 2.05) is 24.3 Å². The van der Waals surface area contributed by atoms with Crippen molar-refractivity contribution in [3.05, 3.63) is 63.1 Å². The van der Waals surface area contributed by atoms with Crippen molar-refractivity contribution in [1.82, 2.24) is 5.32 Å². The molecule has 2 bridgehead atoms. The number of rotatable bonds is 11. The molecule has 0 spiro atoms. The zero-order valence-electron chi connectivity index (χ0n) is 17.5. The van der Waals surface area contributed by atoms with E-state index in [0.717, 1.165) is 31.2 Å². The van der Waals surface area contributed by atoms with Crippen LogP contribution in [0.4, 0.5) is 0 Å². The van der Waals surface area contributed by atoms with Gasteiger partial charge < -0.3 is 14.8 Å². The summed E-state index contributed by atoms with van der Waals surface area (Å²) in [6.45, 7) is 0.540. The van der Waals surface area contributed by atoms with Crippen LogP contribution >= 0.6 is 34.8 Å². The Morgan fingerprint density at radius 3 is 2.34 bits per heavy atom. The molecule has 3 fully saturated rings. The third-order valence-electron chi connectivity index (χ3n) is 6.09. The summed E-state index contributed by atoms with van der Waals surface area (Å²) in [7, 11) is 0. The van der Waals surface area contributed by atoms with E-state index in [0.29, 0.717) is 33.8 Å². The highest BCUT2D eigenvalue weighted by Gasteiger charge is 2.68. The maximum atomic E-state index is 12.3. The minimum Gasteiger partial charge on any atom is -0.484 e. The van der Waals surface area contributed by atoms with Gasteiger partial charge in [-0.1, -0.05) is 46.9 Å². The minimum atomic E-state index is -0.187. The molecular formula is C24H24Cl3NO4. The van der Waals surface area contributed by atoms with Gasteiger partial charge in [0.1, 0.15) is 12.4 Å². The van der Waals surface area contributed by atoms with Gasteiger partial charge in [0.25, 0.3) is 5.91 Å². The molecule has 3 aliphatic carbocycles. The summed E-state index contributed by atoms with van der Waals surface area (Å²) in [5.41, 5.74) is 0.963. The molecule has 0 heterocycles. The topological polar surface area (TPSA) is 64.6 Å². The molecule has 1 amide bonds. The molecule has 0 atom stereocenters. The molecule has 5 nitrogen and oxygen atoms in total. The summed E-state index contributed by atoms with van der Waals surface area (Å²) in [4.78, 5) is 24.5. The monoisotopic (exact) mass is 495 g/mol. The molecule has 1 N–H and O–H groups in total. The Morgan fingerprint density at radius 2 is 1.66 bits per heavy atom. The maximum Gasteiger partial charge on any atom is 0.258 e. The molecule has 5 rings (SSSR count). The average Bonchev–Trinajstić information content (AvgIpc) is 2.71. The molecule has 3 aliphatic rings. The number of hydrogen-bond acceptors (Lipinski definition) is 4. The summed E-state index contributed by atoms with van der Waals surface area (Å²) in [5, 5.41) is 4.57. The average molecular weight is 497 g/mol. The lowest BCUT2D eigenvalue weighted by molar-refractivity contribution is -0.174. The summed E-state index contributed by atoms with van der Waals surface area (Å²) in [5.74, 6) is 0.426. The van der Waals surface area contributed by atoms with Crippen molar-refractivity contribution in [1.29, 1.82) is 0 Å². The van der Waals surface area contributed by atoms with Crippen molar-refractivity contribution in [2.24, 2.45) is 5.41 Å². The first-order valence-corrected chi connectivity index (χ1v) is 11.6. The van der Waals surface area contributed by atoms with Crippen molar-refractivity contribution in [2.75, 3.05) is 19.8 Å². The highest BCUT2D eigenvalue weighted by Crippen LogP contribution is 2.68. The summed E-state index contributed by atoms with van der Waals surface area (Å²) < 4.78 is 11.0. The van der Waals surface area contributed by atoms with Gasteiger partial charge in [-0.2, -0.15) is 0 Å². The van der Waals surface area contributed by atoms with Gasteiger partial charge in [-0.15, -0.1) is 0 Å². The van der Waals surface area contributed by atoms with Crippen LogP contribution in [0.3, 0.4) is 0 Å². The fourth-order valence-electron chi connectivity index (χ4n) is 4.86. The van der Waals surface area contributed by atoms with E-state index in [1.54, 1.807) is 18.2 Å². The van der Waals surface area contributed by atoms with Crippen molar-refractivity contribution in [3.63, 3.8) is 0 Å². The van der Waals surface area contributed by atoms with Crippen LogP contribution in [0.25, 0.3) is 0 Å². The zero-order chi connectivity index (χ0) is 22.8. The summed E-state index contributed by atoms with van der Waals surface area (Å²) in [6.07, 6.45) is 3.74. The van der Waals surface area contributed by atoms with Gasteiger partial charge in [-0.05, 0) is 60.9 Å². The number of carbonyl (C=O) groups excluding carboxylic acids is 2. The molecule has 0 aliphatic heterocycles. The Kier molecular flexibility index (Phi) is 7.01. The van der Waals surface area contributed by atoms with Gasteiger partial charge in [0.15, 0.2) is 12.4 Å². The number of Topliss-reactive ketones (excluding diaryl/α,β-unsaturated/α-hetero) is 1. The fraction of sp³-hybridized carbons (Fsp3) is 0.417. The molecule has 0 radical (unpaired) electrons. The van der Waals surface area contributed by atoms with Gasteiger partial charge in [0.05, 0.1) is 16.7 Å². The molecule has 32 heavy (non-hydrogen) atoms. The number of amides is 1. The van der Waals surface area contributed by atoms with Gasteiger partial charge in [0, 0.05) is 23.0 Å². The predicted octanol–water partition coefficient (Wildman–Crippen LogP) is 5.28. The normalized spacial score (nSPS) is 23.1. The molecule has 0 unspecified atom stereocenters. The smallest absolute Gasteiger partial charge is 0.258 e. The first kappa shape index (κ1) is 23.4. The molecule has 2 aromatic carbocycles. The van der Waals surface area contributed by atoms with Gasteiger partial charge in [-0.3, -0.25) is 9.59 Å². The number of nitrogens with one attached hydrogen (secondary N) is 1. The molecule has 8 heteroatoms. The number of carbonyl (C=O) groups is 2. The number of hydrogen-bond donors (Lipinski definition) is 1. The van der Waals surface area contributed by atoms with Crippen LogP contribution in [-0.4, -0.2) is 37.0 Å². The third-order valence-corrected chi connectivity index (χ3v) is 7.08. The Balaban J connectivity index is 1.11. The lowest BCUT2D eigenvalue weighted by Crippen LogP contribution is -2.75. The number of ether oxygens (including phenoxy) is 2. The fourth-order valence-corrected chi connectivity index (χ4v) is 5.28. The van der Waals surface area contributed by atoms with Crippen LogP contribution in [0.5, 0.6) is 5.75 Å². The first-order chi connectivity index (χ1) is 15.3. The number of ketones is 1. The van der Waals surface area contributed by atoms with Crippen molar-refractivity contribution in [3.8, 4) is 5.75 Å². The van der Waals surface area contributed by atoms with Crippen LogP contribution in [0.15, 0.2) is 42.5 Å². The number of halogens is 3. The lowest BCUT2D eigenvalue weighted by Gasteiger charge is -2.70. The quantitative estimate of drug-likeness (QED) is 0.430. The van der Waals surface area contributed by atoms with Crippen molar-refractivity contribution in [2.45, 2.75) is 37.6 Å². The molecule has 2 aromatic rings. The largest absolute Gasteiger partial charge is 0.484 e. The Labute approximate surface area is 202 Å². The van der Waals surface area contributed by atoms with Crippen molar-refractivity contribution >= 4 is 46.5 Å². The standard InChI is InChI=1S/C24H24Cl3NO4/c25-17-3-1-16(2-4-17)7-8-31-11-18(29)10-23-13-24(14-23,15-23)28-22(30)12-32-19-5-6-20(26)21(27)9-19/h1-6,9H,7-8,10-15H2,(H,28,30). The highest BCUT2D eigenvalue weighted by molar-refractivity contribution is 6.42. The summed E-state index contributed by atoms with van der Waals surface area (Å²) >= 11 is 17.7. The molecule has 3 saturated carbocycles. The Morgan fingerprint density at radius 1 is 0.938 bits per heavy atom. The van der Waals surface area contributed by atoms with Crippen LogP contribution in [0.1, 0.15) is 31.2 Å². The van der Waals surface area contributed by atoms with E-state index >= 15 is 0 Å². The maximum absolute atomic E-state index is 12.3. The zero-order valence-corrected chi connectivity index (χ0v) is 19.7. The Hall–Kier alpha value is -1.79. The second-order valence-corrected chi connectivity index (χ2v) is 10.1. The molecule has 0 saturated heterocycles. The van der Waals surface area contributed by atoms with Crippen LogP contribution in [0, 0.1) is 5.41 Å². The highest BCUT2D eigenvalue weighted by atomic mass is 35.5. The van der Waals surface area contributed by atoms with E-state index in [9.17, 15) is 9.59 Å². The van der Waals surface area contributed by atoms with Gasteiger partial charge in [0.2, 0.25) is 0 Å². The molecule has 0 aromatic heterocycles. The van der Waals surface area contributed by atoms with E-state index < -0.39 is 0 Å². The molecule has 170 valence electrons. The minimum absolute atomic E-state index is 0.0223. The van der Waals surface area contributed by atoms with Gasteiger partial charge in [-0.25, -0.2) is 0 Å². The Bertz CT molecular complexity index is 989. The van der Waals surface area contributed by atoms with Crippen LogP contribution in [0.2, 0.25) is 15.1 Å². The predicted molar refractivity (Wildman–Crippen MR) is 125 cm³/mol. The van der Waals surface area contributed by atoms with Crippen LogP contribution < -0.4 is 10.1 Å². The number of benzene rings is 2. The van der Waals surface area contributed by atoms with Gasteiger partial charge >= 0.3 is 0 Å². The lowest BCUT2D eigenvalue weighted by atomic mass is 9.38. The van der Waals surface area contributed by atoms with E-state index in [4.69, 9.17) is 44.3 Å². The second-order valence-electron chi connectivity index (χ2n) is 8.87. The first-order valence-electron chi connectivity index (χ1n) is 10.5. The summed E-state index contributed by atoms with van der Waals surface area (Å²) in [6, 6.07) is 12.5. The third kappa shape index (κ3) is 5.57. The van der Waals surface area contributed by atoms with Crippen LogP contribution in [-0.2, 0) is 20.7 Å². The van der Waals surface area contributed by atoms with E-state index in [1.165, 1.54) is 0 Å². The SMILES string of the molecule is O=C(COCCc1ccc(Cl)cc1)CC12CC(NC(=O)COc3ccc(Cl)c(Cl)c3)(C1)C2. The van der Waals surface area contributed by atoms with E-state index in [2.05, 4.69) is 5.32 Å². The second kappa shape index (κ2) is 9.60. The van der Waals surface area contributed by atoms with E-state index in [-0.39, 0.29) is 35.9 Å².